The summed E-state index contributed by atoms with van der Waals surface area (Å²) in [6.07, 6.45) is 13.1. The summed E-state index contributed by atoms with van der Waals surface area (Å²) in [7, 11) is 0. The number of amides is 1. The van der Waals surface area contributed by atoms with E-state index >= 15 is 0 Å². The lowest BCUT2D eigenvalue weighted by Gasteiger charge is -2.65. The third-order valence-electron chi connectivity index (χ3n) is 9.09. The summed E-state index contributed by atoms with van der Waals surface area (Å²) in [5.41, 5.74) is 8.13. The van der Waals surface area contributed by atoms with Gasteiger partial charge in [-0.3, -0.25) is 4.79 Å². The van der Waals surface area contributed by atoms with E-state index in [1.807, 2.05) is 11.8 Å². The van der Waals surface area contributed by atoms with Crippen molar-refractivity contribution in [2.45, 2.75) is 69.2 Å². The van der Waals surface area contributed by atoms with Crippen LogP contribution in [0.1, 0.15) is 63.4 Å². The molecule has 5 fully saturated rings. The molecule has 1 aromatic carbocycles. The minimum absolute atomic E-state index is 0.240. The Morgan fingerprint density at radius 3 is 2.33 bits per heavy atom. The lowest BCUT2D eigenvalue weighted by atomic mass is 9.40. The third-order valence-corrected chi connectivity index (χ3v) is 9.99. The van der Waals surface area contributed by atoms with Gasteiger partial charge in [-0.05, 0) is 110 Å². The molecule has 2 atom stereocenters. The molecule has 3 nitrogen and oxygen atoms in total. The first-order valence-electron chi connectivity index (χ1n) is 12.1. The van der Waals surface area contributed by atoms with Crippen molar-refractivity contribution >= 4 is 17.7 Å². The fourth-order valence-corrected chi connectivity index (χ4v) is 9.15. The van der Waals surface area contributed by atoms with Gasteiger partial charge in [0.2, 0.25) is 5.91 Å². The summed E-state index contributed by atoms with van der Waals surface area (Å²) >= 11 is 2.01. The van der Waals surface area contributed by atoms with E-state index in [0.29, 0.717) is 40.5 Å². The molecule has 1 amide bonds. The van der Waals surface area contributed by atoms with Gasteiger partial charge in [-0.15, -0.1) is 0 Å². The maximum atomic E-state index is 13.5. The summed E-state index contributed by atoms with van der Waals surface area (Å²) < 4.78 is 0. The van der Waals surface area contributed by atoms with Crippen molar-refractivity contribution in [3.8, 4) is 0 Å². The standard InChI is InChI=1S/C26H38N2OS/c1-30-17-25-11-19-13-26(16-25,21-5-3-2-4-6-21)14-20(12-25)23(19)24(29)28-22-9-7-18(15-27)8-10-22/h2-6,18-20,22-23H,7-17,27H2,1H3,(H,28,29). The first kappa shape index (κ1) is 20.9. The van der Waals surface area contributed by atoms with Gasteiger partial charge in [0, 0.05) is 12.0 Å². The SMILES string of the molecule is CSCC12CC3CC(c4ccccc4)(CC(C1)C3C(=O)NC1CCC(CN)CC1)C2. The highest BCUT2D eigenvalue weighted by molar-refractivity contribution is 7.98. The van der Waals surface area contributed by atoms with E-state index < -0.39 is 0 Å². The van der Waals surface area contributed by atoms with Crippen LogP contribution in [0, 0.1) is 29.1 Å². The zero-order valence-corrected chi connectivity index (χ0v) is 19.3. The van der Waals surface area contributed by atoms with Crippen molar-refractivity contribution in [1.82, 2.24) is 5.32 Å². The van der Waals surface area contributed by atoms with E-state index in [4.69, 9.17) is 5.73 Å². The van der Waals surface area contributed by atoms with Crippen LogP contribution in [0.5, 0.6) is 0 Å². The maximum Gasteiger partial charge on any atom is 0.223 e. The Morgan fingerprint density at radius 2 is 1.73 bits per heavy atom. The lowest BCUT2D eigenvalue weighted by molar-refractivity contribution is -0.148. The molecule has 4 bridgehead atoms. The van der Waals surface area contributed by atoms with Crippen molar-refractivity contribution in [1.29, 1.82) is 0 Å². The van der Waals surface area contributed by atoms with Crippen molar-refractivity contribution in [2.75, 3.05) is 18.6 Å². The Balaban J connectivity index is 1.35. The number of nitrogens with two attached hydrogens (primary N) is 1. The van der Waals surface area contributed by atoms with Gasteiger partial charge in [0.05, 0.1) is 0 Å². The first-order valence-corrected chi connectivity index (χ1v) is 13.5. The van der Waals surface area contributed by atoms with Gasteiger partial charge in [-0.1, -0.05) is 30.3 Å². The minimum atomic E-state index is 0.240. The van der Waals surface area contributed by atoms with Crippen LogP contribution in [-0.2, 0) is 10.2 Å². The predicted molar refractivity (Wildman–Crippen MR) is 125 cm³/mol. The summed E-state index contributed by atoms with van der Waals surface area (Å²) in [4.78, 5) is 13.5. The zero-order valence-electron chi connectivity index (χ0n) is 18.4. The Hall–Kier alpha value is -1.00. The van der Waals surface area contributed by atoms with Gasteiger partial charge in [-0.25, -0.2) is 0 Å². The van der Waals surface area contributed by atoms with Crippen molar-refractivity contribution < 1.29 is 4.79 Å². The Morgan fingerprint density at radius 1 is 1.07 bits per heavy atom. The molecule has 1 aromatic rings. The molecule has 3 N–H and O–H groups in total. The summed E-state index contributed by atoms with van der Waals surface area (Å²) in [6, 6.07) is 11.6. The molecule has 164 valence electrons. The molecule has 4 heteroatoms. The first-order chi connectivity index (χ1) is 14.6. The molecule has 0 aromatic heterocycles. The van der Waals surface area contributed by atoms with Crippen molar-refractivity contribution in [3.05, 3.63) is 35.9 Å². The zero-order chi connectivity index (χ0) is 20.8. The Labute approximate surface area is 186 Å². The van der Waals surface area contributed by atoms with Gasteiger partial charge < -0.3 is 11.1 Å². The molecule has 0 spiro atoms. The number of nitrogens with one attached hydrogen (secondary N) is 1. The lowest BCUT2D eigenvalue weighted by Crippen LogP contribution is -2.61. The van der Waals surface area contributed by atoms with Crippen molar-refractivity contribution in [3.63, 3.8) is 0 Å². The van der Waals surface area contributed by atoms with E-state index in [9.17, 15) is 4.79 Å². The van der Waals surface area contributed by atoms with Crippen LogP contribution in [0.25, 0.3) is 0 Å². The molecule has 0 heterocycles. The number of hydrogen-bond donors (Lipinski definition) is 2. The Kier molecular flexibility index (Phi) is 5.68. The van der Waals surface area contributed by atoms with Crippen LogP contribution >= 0.6 is 11.8 Å². The van der Waals surface area contributed by atoms with Crippen molar-refractivity contribution in [2.24, 2.45) is 34.8 Å². The smallest absolute Gasteiger partial charge is 0.223 e. The average Bonchev–Trinajstić information content (AvgIpc) is 2.74. The predicted octanol–water partition coefficient (Wildman–Crippen LogP) is 4.75. The fourth-order valence-electron chi connectivity index (χ4n) is 8.20. The molecular formula is C26H38N2OS. The minimum Gasteiger partial charge on any atom is -0.353 e. The van der Waals surface area contributed by atoms with Crippen LogP contribution < -0.4 is 11.1 Å². The highest BCUT2D eigenvalue weighted by atomic mass is 32.2. The van der Waals surface area contributed by atoms with Gasteiger partial charge >= 0.3 is 0 Å². The molecule has 0 aliphatic heterocycles. The Bertz CT molecular complexity index is 742. The fraction of sp³-hybridized carbons (Fsp3) is 0.731. The van der Waals surface area contributed by atoms with Crippen LogP contribution in [0.4, 0.5) is 0 Å². The van der Waals surface area contributed by atoms with Gasteiger partial charge in [0.1, 0.15) is 0 Å². The van der Waals surface area contributed by atoms with Crippen LogP contribution in [0.2, 0.25) is 0 Å². The average molecular weight is 427 g/mol. The normalized spacial score (nSPS) is 42.3. The van der Waals surface area contributed by atoms with Gasteiger partial charge in [0.15, 0.2) is 0 Å². The monoisotopic (exact) mass is 426 g/mol. The molecule has 5 aliphatic rings. The highest BCUT2D eigenvalue weighted by Gasteiger charge is 2.62. The van der Waals surface area contributed by atoms with E-state index in [1.165, 1.54) is 56.3 Å². The molecule has 5 aliphatic carbocycles. The van der Waals surface area contributed by atoms with E-state index in [0.717, 1.165) is 19.4 Å². The van der Waals surface area contributed by atoms with Gasteiger partial charge in [-0.2, -0.15) is 11.8 Å². The molecule has 0 radical (unpaired) electrons. The van der Waals surface area contributed by atoms with Gasteiger partial charge in [0.25, 0.3) is 0 Å². The third kappa shape index (κ3) is 3.62. The number of thioether (sulfide) groups is 1. The molecule has 5 saturated carbocycles. The number of benzene rings is 1. The highest BCUT2D eigenvalue weighted by Crippen LogP contribution is 2.68. The number of rotatable bonds is 6. The quantitative estimate of drug-likeness (QED) is 0.690. The second kappa shape index (κ2) is 8.16. The van der Waals surface area contributed by atoms with E-state index in [1.54, 1.807) is 0 Å². The topological polar surface area (TPSA) is 55.1 Å². The largest absolute Gasteiger partial charge is 0.353 e. The summed E-state index contributed by atoms with van der Waals surface area (Å²) in [5, 5.41) is 3.50. The van der Waals surface area contributed by atoms with Crippen LogP contribution in [0.15, 0.2) is 30.3 Å². The van der Waals surface area contributed by atoms with Crippen LogP contribution in [-0.4, -0.2) is 30.5 Å². The van der Waals surface area contributed by atoms with Crippen LogP contribution in [0.3, 0.4) is 0 Å². The second-order valence-electron chi connectivity index (χ2n) is 11.1. The summed E-state index contributed by atoms with van der Waals surface area (Å²) in [5.74, 6) is 3.65. The summed E-state index contributed by atoms with van der Waals surface area (Å²) in [6.45, 7) is 0.798. The number of carbonyl (C=O) groups excluding carboxylic acids is 1. The van der Waals surface area contributed by atoms with E-state index in [2.05, 4.69) is 41.9 Å². The number of carbonyl (C=O) groups is 1. The molecular weight excluding hydrogens is 388 g/mol. The molecule has 6 rings (SSSR count). The van der Waals surface area contributed by atoms with E-state index in [-0.39, 0.29) is 5.92 Å². The maximum absolute atomic E-state index is 13.5. The second-order valence-corrected chi connectivity index (χ2v) is 11.9. The number of hydrogen-bond acceptors (Lipinski definition) is 3. The molecule has 2 unspecified atom stereocenters. The molecule has 30 heavy (non-hydrogen) atoms. The molecule has 0 saturated heterocycles.